The molecule has 9 nitrogen and oxygen atoms in total. The molecule has 2 atom stereocenters. The van der Waals surface area contributed by atoms with Crippen LogP contribution in [0.15, 0.2) is 24.3 Å². The van der Waals surface area contributed by atoms with Gasteiger partial charge in [0.15, 0.2) is 0 Å². The third-order valence-corrected chi connectivity index (χ3v) is 11.3. The zero-order chi connectivity index (χ0) is 30.5. The molecule has 226 valence electrons. The summed E-state index contributed by atoms with van der Waals surface area (Å²) < 4.78 is 15.2. The number of benzene rings is 1. The van der Waals surface area contributed by atoms with Crippen molar-refractivity contribution in [2.45, 2.75) is 100 Å². The van der Waals surface area contributed by atoms with E-state index in [1.165, 1.54) is 5.01 Å². The number of halogens is 3. The largest absolute Gasteiger partial charge is 0.543 e. The molecule has 1 aromatic carbocycles. The van der Waals surface area contributed by atoms with E-state index in [4.69, 9.17) is 48.7 Å². The summed E-state index contributed by atoms with van der Waals surface area (Å²) in [4.78, 5) is 38.9. The summed E-state index contributed by atoms with van der Waals surface area (Å²) in [6.45, 7) is 15.9. The Morgan fingerprint density at radius 1 is 1.12 bits per heavy atom. The molecule has 1 saturated heterocycles. The smallest absolute Gasteiger partial charge is 0.408 e. The van der Waals surface area contributed by atoms with Gasteiger partial charge in [0.05, 0.1) is 0 Å². The number of hydrazine groups is 1. The molecule has 0 saturated carbocycles. The predicted octanol–water partition coefficient (Wildman–Crippen LogP) is 5.92. The van der Waals surface area contributed by atoms with Crippen LogP contribution in [0.3, 0.4) is 0 Å². The van der Waals surface area contributed by atoms with Crippen LogP contribution in [-0.2, 0) is 25.5 Å². The highest BCUT2D eigenvalue weighted by Crippen LogP contribution is 2.37. The lowest BCUT2D eigenvalue weighted by molar-refractivity contribution is -0.152. The second-order valence-electron chi connectivity index (χ2n) is 12.4. The molecule has 2 amide bonds. The van der Waals surface area contributed by atoms with Crippen LogP contribution in [0.5, 0.6) is 5.75 Å². The highest BCUT2D eigenvalue weighted by Gasteiger charge is 2.39. The van der Waals surface area contributed by atoms with E-state index in [0.717, 1.165) is 5.56 Å². The molecular weight excluding hydrogens is 597 g/mol. The number of nitrogens with one attached hydrogen (secondary N) is 2. The zero-order valence-electron chi connectivity index (χ0n) is 24.5. The summed E-state index contributed by atoms with van der Waals surface area (Å²) in [6, 6.07) is 5.72. The average molecular weight is 639 g/mol. The lowest BCUT2D eigenvalue weighted by Gasteiger charge is -2.36. The van der Waals surface area contributed by atoms with Gasteiger partial charge in [-0.3, -0.25) is 14.6 Å². The Labute approximate surface area is 253 Å². The van der Waals surface area contributed by atoms with Gasteiger partial charge in [0.25, 0.3) is 5.91 Å². The summed E-state index contributed by atoms with van der Waals surface area (Å²) in [6.07, 6.45) is 0.406. The lowest BCUT2D eigenvalue weighted by atomic mass is 10.0. The molecule has 0 bridgehead atoms. The van der Waals surface area contributed by atoms with Crippen LogP contribution in [0.1, 0.15) is 59.9 Å². The Kier molecular flexibility index (Phi) is 11.6. The molecule has 0 spiro atoms. The van der Waals surface area contributed by atoms with Gasteiger partial charge < -0.3 is 19.2 Å². The number of ether oxygens (including phenoxy) is 2. The van der Waals surface area contributed by atoms with Gasteiger partial charge in [-0.2, -0.15) is 0 Å². The minimum atomic E-state index is -2.09. The third kappa shape index (κ3) is 11.3. The highest BCUT2D eigenvalue weighted by molar-refractivity contribution is 6.74. The summed E-state index contributed by atoms with van der Waals surface area (Å²) in [5, 5.41) is 4.04. The van der Waals surface area contributed by atoms with Crippen molar-refractivity contribution in [3.63, 3.8) is 0 Å². The van der Waals surface area contributed by atoms with Crippen LogP contribution in [0, 0.1) is 0 Å². The van der Waals surface area contributed by atoms with Crippen molar-refractivity contribution in [2.24, 2.45) is 0 Å². The van der Waals surface area contributed by atoms with Crippen molar-refractivity contribution in [1.82, 2.24) is 15.8 Å². The molecule has 0 radical (unpaired) electrons. The SMILES string of the molecule is CC(C)(C)OC(=O)NC(Cc1cccc(O[Si](C)(C)C(C)(C)C)c1)C(=O)N1CCCC(C(=O)OCC(Cl)(Cl)Cl)N1. The minimum Gasteiger partial charge on any atom is -0.543 e. The van der Waals surface area contributed by atoms with Crippen molar-refractivity contribution < 1.29 is 28.3 Å². The van der Waals surface area contributed by atoms with Crippen molar-refractivity contribution in [3.8, 4) is 5.75 Å². The number of amides is 2. The molecule has 2 rings (SSSR count). The molecule has 1 heterocycles. The number of hydrogen-bond donors (Lipinski definition) is 2. The molecule has 1 fully saturated rings. The van der Waals surface area contributed by atoms with E-state index in [2.05, 4.69) is 44.6 Å². The van der Waals surface area contributed by atoms with Crippen molar-refractivity contribution in [2.75, 3.05) is 13.2 Å². The molecule has 0 aromatic heterocycles. The molecule has 1 aliphatic heterocycles. The molecule has 1 aliphatic rings. The van der Waals surface area contributed by atoms with E-state index in [9.17, 15) is 14.4 Å². The molecule has 0 aliphatic carbocycles. The second-order valence-corrected chi connectivity index (χ2v) is 19.7. The minimum absolute atomic E-state index is 0.0101. The van der Waals surface area contributed by atoms with Gasteiger partial charge in [-0.15, -0.1) is 0 Å². The first kappa shape index (κ1) is 34.5. The Morgan fingerprint density at radius 3 is 2.35 bits per heavy atom. The van der Waals surface area contributed by atoms with Crippen LogP contribution in [0.25, 0.3) is 0 Å². The second kappa shape index (κ2) is 13.5. The molecule has 2 unspecified atom stereocenters. The van der Waals surface area contributed by atoms with Gasteiger partial charge in [-0.05, 0) is 69.4 Å². The van der Waals surface area contributed by atoms with Gasteiger partial charge in [0.1, 0.15) is 30.0 Å². The molecule has 1 aromatic rings. The molecule has 40 heavy (non-hydrogen) atoms. The van der Waals surface area contributed by atoms with E-state index in [1.54, 1.807) is 20.8 Å². The Morgan fingerprint density at radius 2 is 1.77 bits per heavy atom. The van der Waals surface area contributed by atoms with Crippen LogP contribution in [-0.4, -0.2) is 65.9 Å². The number of esters is 1. The van der Waals surface area contributed by atoms with Gasteiger partial charge in [0.2, 0.25) is 12.1 Å². The van der Waals surface area contributed by atoms with E-state index in [0.29, 0.717) is 25.1 Å². The molecule has 13 heteroatoms. The molecule has 2 N–H and O–H groups in total. The fraction of sp³-hybridized carbons (Fsp3) is 0.667. The first-order valence-electron chi connectivity index (χ1n) is 13.3. The normalized spacial score (nSPS) is 17.6. The summed E-state index contributed by atoms with van der Waals surface area (Å²) >= 11 is 17.1. The van der Waals surface area contributed by atoms with E-state index in [-0.39, 0.29) is 11.5 Å². The number of carbonyl (C=O) groups is 3. The van der Waals surface area contributed by atoms with Gasteiger partial charge >= 0.3 is 12.1 Å². The van der Waals surface area contributed by atoms with Crippen molar-refractivity contribution in [1.29, 1.82) is 0 Å². The van der Waals surface area contributed by atoms with Crippen LogP contribution < -0.4 is 15.2 Å². The number of carbonyl (C=O) groups excluding carboxylic acids is 3. The molecular formula is C27H42Cl3N3O6Si. The first-order valence-corrected chi connectivity index (χ1v) is 17.3. The average Bonchev–Trinajstić information content (AvgIpc) is 2.79. The topological polar surface area (TPSA) is 106 Å². The summed E-state index contributed by atoms with van der Waals surface area (Å²) in [5.41, 5.74) is 2.94. The maximum Gasteiger partial charge on any atom is 0.408 e. The number of nitrogens with zero attached hydrogens (tertiary/aromatic N) is 1. The Bertz CT molecular complexity index is 1050. The maximum absolute atomic E-state index is 13.7. The van der Waals surface area contributed by atoms with Gasteiger partial charge in [-0.25, -0.2) is 10.2 Å². The zero-order valence-corrected chi connectivity index (χ0v) is 27.8. The van der Waals surface area contributed by atoms with Gasteiger partial charge in [-0.1, -0.05) is 67.7 Å². The fourth-order valence-corrected chi connectivity index (χ4v) is 4.81. The van der Waals surface area contributed by atoms with E-state index >= 15 is 0 Å². The van der Waals surface area contributed by atoms with Crippen molar-refractivity contribution in [3.05, 3.63) is 29.8 Å². The number of alkyl halides is 3. The maximum atomic E-state index is 13.7. The Hall–Kier alpha value is -1.72. The summed E-state index contributed by atoms with van der Waals surface area (Å²) in [7, 11) is -2.09. The van der Waals surface area contributed by atoms with Crippen LogP contribution >= 0.6 is 34.8 Å². The Balaban J connectivity index is 2.24. The predicted molar refractivity (Wildman–Crippen MR) is 160 cm³/mol. The van der Waals surface area contributed by atoms with E-state index in [1.807, 2.05) is 24.3 Å². The quantitative estimate of drug-likeness (QED) is 0.207. The summed E-state index contributed by atoms with van der Waals surface area (Å²) in [5.74, 6) is -0.364. The number of hydrogen-bond acceptors (Lipinski definition) is 7. The highest BCUT2D eigenvalue weighted by atomic mass is 35.6. The number of alkyl carbamates (subject to hydrolysis) is 1. The monoisotopic (exact) mass is 637 g/mol. The van der Waals surface area contributed by atoms with Crippen LogP contribution in [0.4, 0.5) is 4.79 Å². The number of rotatable bonds is 8. The lowest BCUT2D eigenvalue weighted by Crippen LogP contribution is -2.60. The third-order valence-electron chi connectivity index (χ3n) is 6.62. The first-order chi connectivity index (χ1) is 18.2. The standard InChI is InChI=1S/C27H42Cl3N3O6Si/c1-25(2,3)38-24(36)31-21(16-18-11-9-12-19(15-18)39-40(7,8)26(4,5)6)22(34)33-14-10-13-20(32-33)23(35)37-17-27(28,29)30/h9,11-12,15,20-21,32H,10,13-14,16-17H2,1-8H3,(H,31,36). The van der Waals surface area contributed by atoms with E-state index < -0.39 is 54.4 Å². The van der Waals surface area contributed by atoms with Gasteiger partial charge in [0, 0.05) is 13.0 Å². The van der Waals surface area contributed by atoms with Crippen LogP contribution in [0.2, 0.25) is 18.1 Å². The van der Waals surface area contributed by atoms with Crippen molar-refractivity contribution >= 4 is 61.1 Å². The fourth-order valence-electron chi connectivity index (χ4n) is 3.63.